The molecular weight excluding hydrogens is 242 g/mol. The van der Waals surface area contributed by atoms with Gasteiger partial charge in [0, 0.05) is 5.75 Å². The van der Waals surface area contributed by atoms with Gasteiger partial charge in [0.2, 0.25) is 0 Å². The molecule has 0 amide bonds. The van der Waals surface area contributed by atoms with Crippen molar-refractivity contribution in [3.05, 3.63) is 0 Å². The third-order valence-corrected chi connectivity index (χ3v) is 5.30. The summed E-state index contributed by atoms with van der Waals surface area (Å²) in [4.78, 5) is 23.2. The molecule has 98 valence electrons. The summed E-state index contributed by atoms with van der Waals surface area (Å²) >= 11 is 1.21. The molecule has 1 aliphatic heterocycles. The molecule has 0 aromatic heterocycles. The first-order chi connectivity index (χ1) is 7.51. The van der Waals surface area contributed by atoms with Crippen LogP contribution in [0.25, 0.3) is 0 Å². The molecule has 0 aromatic carbocycles. The van der Waals surface area contributed by atoms with Crippen molar-refractivity contribution in [2.45, 2.75) is 33.1 Å². The van der Waals surface area contributed by atoms with Gasteiger partial charge in [0.1, 0.15) is 5.41 Å². The van der Waals surface area contributed by atoms with Gasteiger partial charge in [0.25, 0.3) is 0 Å². The number of carboxylic acid groups (broad SMARTS) is 2. The van der Waals surface area contributed by atoms with Crippen molar-refractivity contribution >= 4 is 23.7 Å². The van der Waals surface area contributed by atoms with E-state index in [4.69, 9.17) is 5.73 Å². The maximum absolute atomic E-state index is 11.7. The molecule has 4 N–H and O–H groups in total. The predicted molar refractivity (Wildman–Crippen MR) is 65.7 cm³/mol. The van der Waals surface area contributed by atoms with Gasteiger partial charge in [0.15, 0.2) is 0 Å². The lowest BCUT2D eigenvalue weighted by Gasteiger charge is -2.48. The molecule has 3 unspecified atom stereocenters. The number of rotatable bonds is 2. The molecule has 0 aromatic rings. The predicted octanol–water partition coefficient (Wildman–Crippen LogP) is 1.23. The van der Waals surface area contributed by atoms with E-state index in [1.54, 1.807) is 20.8 Å². The Balaban J connectivity index is 3.55. The van der Waals surface area contributed by atoms with Gasteiger partial charge in [0.05, 0.1) is 10.8 Å². The van der Waals surface area contributed by atoms with Crippen LogP contribution in [0.2, 0.25) is 0 Å². The highest BCUT2D eigenvalue weighted by Gasteiger charge is 2.71. The third-order valence-electron chi connectivity index (χ3n) is 3.84. The Morgan fingerprint density at radius 2 is 1.76 bits per heavy atom. The van der Waals surface area contributed by atoms with Crippen molar-refractivity contribution in [3.8, 4) is 0 Å². The molecule has 6 heteroatoms. The normalized spacial score (nSPS) is 38.1. The van der Waals surface area contributed by atoms with Crippen LogP contribution in [-0.4, -0.2) is 33.3 Å². The summed E-state index contributed by atoms with van der Waals surface area (Å²) < 4.78 is 0. The van der Waals surface area contributed by atoms with E-state index in [9.17, 15) is 19.8 Å². The number of carbonyl (C=O) groups is 2. The SMILES string of the molecule is CC(C)(C)C1(C(=O)O)C(N)SCC1(C)C(=O)O. The zero-order valence-electron chi connectivity index (χ0n) is 10.5. The number of nitrogens with two attached hydrogens (primary N) is 1. The van der Waals surface area contributed by atoms with E-state index in [0.717, 1.165) is 0 Å². The zero-order chi connectivity index (χ0) is 13.6. The van der Waals surface area contributed by atoms with Gasteiger partial charge in [-0.2, -0.15) is 0 Å². The van der Waals surface area contributed by atoms with Crippen LogP contribution in [0.15, 0.2) is 0 Å². The van der Waals surface area contributed by atoms with E-state index in [-0.39, 0.29) is 5.75 Å². The fourth-order valence-electron chi connectivity index (χ4n) is 2.97. The highest BCUT2D eigenvalue weighted by Crippen LogP contribution is 2.62. The molecule has 1 aliphatic rings. The highest BCUT2D eigenvalue weighted by atomic mass is 32.2. The Labute approximate surface area is 105 Å². The molecule has 0 saturated carbocycles. The topological polar surface area (TPSA) is 101 Å². The Morgan fingerprint density at radius 1 is 1.29 bits per heavy atom. The molecule has 1 heterocycles. The Morgan fingerprint density at radius 3 is 2.00 bits per heavy atom. The number of hydrogen-bond donors (Lipinski definition) is 3. The van der Waals surface area contributed by atoms with Crippen molar-refractivity contribution in [2.75, 3.05) is 5.75 Å². The van der Waals surface area contributed by atoms with E-state index in [2.05, 4.69) is 0 Å². The molecular formula is C11H19NO4S. The number of carboxylic acids is 2. The van der Waals surface area contributed by atoms with Crippen molar-refractivity contribution in [1.82, 2.24) is 0 Å². The molecule has 3 atom stereocenters. The molecule has 5 nitrogen and oxygen atoms in total. The van der Waals surface area contributed by atoms with E-state index < -0.39 is 33.6 Å². The van der Waals surface area contributed by atoms with Crippen LogP contribution in [0, 0.1) is 16.2 Å². The summed E-state index contributed by atoms with van der Waals surface area (Å²) in [5.41, 5.74) is 2.36. The molecule has 0 aliphatic carbocycles. The summed E-state index contributed by atoms with van der Waals surface area (Å²) in [6, 6.07) is 0. The maximum Gasteiger partial charge on any atom is 0.313 e. The van der Waals surface area contributed by atoms with Crippen LogP contribution in [0.4, 0.5) is 0 Å². The number of thioether (sulfide) groups is 1. The van der Waals surface area contributed by atoms with Crippen molar-refractivity contribution in [1.29, 1.82) is 0 Å². The minimum absolute atomic E-state index is 0.215. The van der Waals surface area contributed by atoms with Crippen molar-refractivity contribution in [3.63, 3.8) is 0 Å². The van der Waals surface area contributed by atoms with E-state index in [1.807, 2.05) is 0 Å². The monoisotopic (exact) mass is 261 g/mol. The first-order valence-electron chi connectivity index (χ1n) is 5.36. The largest absolute Gasteiger partial charge is 0.481 e. The lowest BCUT2D eigenvalue weighted by atomic mass is 9.53. The molecule has 0 radical (unpaired) electrons. The number of aliphatic carboxylic acids is 2. The van der Waals surface area contributed by atoms with Crippen molar-refractivity contribution in [2.24, 2.45) is 22.0 Å². The molecule has 1 saturated heterocycles. The third kappa shape index (κ3) is 1.57. The first-order valence-corrected chi connectivity index (χ1v) is 6.40. The van der Waals surface area contributed by atoms with Crippen LogP contribution in [-0.2, 0) is 9.59 Å². The van der Waals surface area contributed by atoms with Gasteiger partial charge >= 0.3 is 11.9 Å². The number of hydrogen-bond acceptors (Lipinski definition) is 4. The highest BCUT2D eigenvalue weighted by molar-refractivity contribution is 8.00. The molecule has 0 spiro atoms. The van der Waals surface area contributed by atoms with Crippen LogP contribution in [0.3, 0.4) is 0 Å². The Hall–Kier alpha value is -0.750. The van der Waals surface area contributed by atoms with Gasteiger partial charge in [-0.05, 0) is 12.3 Å². The fraction of sp³-hybridized carbons (Fsp3) is 0.818. The van der Waals surface area contributed by atoms with E-state index in [1.165, 1.54) is 18.7 Å². The average molecular weight is 261 g/mol. The lowest BCUT2D eigenvalue weighted by Crippen LogP contribution is -2.62. The molecule has 0 bridgehead atoms. The van der Waals surface area contributed by atoms with Crippen LogP contribution >= 0.6 is 11.8 Å². The second-order valence-corrected chi connectivity index (χ2v) is 6.86. The van der Waals surface area contributed by atoms with Gasteiger partial charge < -0.3 is 15.9 Å². The molecule has 1 rings (SSSR count). The smallest absolute Gasteiger partial charge is 0.313 e. The van der Waals surface area contributed by atoms with Crippen LogP contribution < -0.4 is 5.73 Å². The standard InChI is InChI=1S/C11H19NO4S/c1-9(2,3)11(8(15)16)6(12)17-5-10(11,4)7(13)14/h6H,5,12H2,1-4H3,(H,13,14)(H,15,16). The minimum Gasteiger partial charge on any atom is -0.481 e. The second-order valence-electron chi connectivity index (χ2n) is 5.73. The summed E-state index contributed by atoms with van der Waals surface area (Å²) in [6.45, 7) is 6.67. The van der Waals surface area contributed by atoms with Gasteiger partial charge in [-0.15, -0.1) is 11.8 Å². The maximum atomic E-state index is 11.7. The summed E-state index contributed by atoms with van der Waals surface area (Å²) in [5, 5.41) is 18.3. The zero-order valence-corrected chi connectivity index (χ0v) is 11.3. The van der Waals surface area contributed by atoms with Crippen molar-refractivity contribution < 1.29 is 19.8 Å². The van der Waals surface area contributed by atoms with Crippen LogP contribution in [0.1, 0.15) is 27.7 Å². The van der Waals surface area contributed by atoms with E-state index in [0.29, 0.717) is 0 Å². The van der Waals surface area contributed by atoms with Crippen LogP contribution in [0.5, 0.6) is 0 Å². The minimum atomic E-state index is -1.48. The average Bonchev–Trinajstić information content (AvgIpc) is 2.39. The van der Waals surface area contributed by atoms with Gasteiger partial charge in [-0.1, -0.05) is 20.8 Å². The first kappa shape index (κ1) is 14.3. The van der Waals surface area contributed by atoms with Gasteiger partial charge in [-0.3, -0.25) is 9.59 Å². The molecule has 17 heavy (non-hydrogen) atoms. The fourth-order valence-corrected chi connectivity index (χ4v) is 4.80. The Kier molecular flexibility index (Phi) is 3.27. The van der Waals surface area contributed by atoms with Gasteiger partial charge in [-0.25, -0.2) is 0 Å². The summed E-state index contributed by atoms with van der Waals surface area (Å²) in [6.07, 6.45) is 0. The summed E-state index contributed by atoms with van der Waals surface area (Å²) in [7, 11) is 0. The lowest BCUT2D eigenvalue weighted by molar-refractivity contribution is -0.180. The quantitative estimate of drug-likeness (QED) is 0.691. The van der Waals surface area contributed by atoms with E-state index >= 15 is 0 Å². The Bertz CT molecular complexity index is 365. The summed E-state index contributed by atoms with van der Waals surface area (Å²) in [5.74, 6) is -2.02. The molecule has 1 fully saturated rings. The second kappa shape index (κ2) is 3.88.